The van der Waals surface area contributed by atoms with Crippen LogP contribution in [0.15, 0.2) is 48.5 Å². The molecule has 2 atom stereocenters. The molecule has 5 heteroatoms. The van der Waals surface area contributed by atoms with Crippen LogP contribution in [0.1, 0.15) is 24.2 Å². The molecular formula is C18H18ClF2NO. The first-order valence-corrected chi connectivity index (χ1v) is 7.64. The van der Waals surface area contributed by atoms with Crippen LogP contribution in [0.25, 0.3) is 6.08 Å². The molecule has 0 aliphatic rings. The Bertz CT molecular complexity index is 653. The van der Waals surface area contributed by atoms with E-state index in [0.29, 0.717) is 6.54 Å². The largest absolute Gasteiger partial charge is 0.387 e. The SMILES string of the molecule is CC(NC/C=C/c1ccc(F)cc1)C(O)c1c(F)cccc1Cl. The second-order valence-corrected chi connectivity index (χ2v) is 5.64. The van der Waals surface area contributed by atoms with E-state index in [1.807, 2.05) is 12.2 Å². The molecule has 0 saturated heterocycles. The Morgan fingerprint density at radius 2 is 1.87 bits per heavy atom. The van der Waals surface area contributed by atoms with Gasteiger partial charge in [0, 0.05) is 23.2 Å². The van der Waals surface area contributed by atoms with Gasteiger partial charge in [0.2, 0.25) is 0 Å². The maximum atomic E-state index is 13.8. The molecule has 122 valence electrons. The second kappa shape index (κ2) is 8.20. The van der Waals surface area contributed by atoms with E-state index in [-0.39, 0.29) is 22.4 Å². The van der Waals surface area contributed by atoms with Gasteiger partial charge >= 0.3 is 0 Å². The summed E-state index contributed by atoms with van der Waals surface area (Å²) < 4.78 is 26.6. The Morgan fingerprint density at radius 1 is 1.17 bits per heavy atom. The molecule has 2 aromatic carbocycles. The Labute approximate surface area is 139 Å². The number of hydrogen-bond acceptors (Lipinski definition) is 2. The zero-order valence-corrected chi connectivity index (χ0v) is 13.4. The van der Waals surface area contributed by atoms with Crippen LogP contribution in [-0.2, 0) is 0 Å². The maximum absolute atomic E-state index is 13.8. The predicted molar refractivity (Wildman–Crippen MR) is 89.3 cm³/mol. The lowest BCUT2D eigenvalue weighted by atomic mass is 10.0. The third-order valence-corrected chi connectivity index (χ3v) is 3.84. The van der Waals surface area contributed by atoms with Crippen LogP contribution in [-0.4, -0.2) is 17.7 Å². The average Bonchev–Trinajstić information content (AvgIpc) is 2.52. The predicted octanol–water partition coefficient (Wildman–Crippen LogP) is 4.34. The average molecular weight is 338 g/mol. The molecule has 23 heavy (non-hydrogen) atoms. The lowest BCUT2D eigenvalue weighted by Crippen LogP contribution is -2.32. The number of hydrogen-bond donors (Lipinski definition) is 2. The molecular weight excluding hydrogens is 320 g/mol. The minimum absolute atomic E-state index is 0.0941. The van der Waals surface area contributed by atoms with Crippen LogP contribution in [0.5, 0.6) is 0 Å². The molecule has 2 rings (SSSR count). The van der Waals surface area contributed by atoms with Crippen LogP contribution in [0.4, 0.5) is 8.78 Å². The van der Waals surface area contributed by atoms with Gasteiger partial charge in [0.25, 0.3) is 0 Å². The standard InChI is InChI=1S/C18H18ClF2NO/c1-12(18(23)17-15(19)5-2-6-16(17)21)22-11-3-4-13-7-9-14(20)10-8-13/h2-10,12,18,22-23H,11H2,1H3/b4-3+. The van der Waals surface area contributed by atoms with Crippen molar-refractivity contribution in [2.75, 3.05) is 6.54 Å². The second-order valence-electron chi connectivity index (χ2n) is 5.23. The first kappa shape index (κ1) is 17.6. The summed E-state index contributed by atoms with van der Waals surface area (Å²) >= 11 is 5.95. The van der Waals surface area contributed by atoms with E-state index in [4.69, 9.17) is 11.6 Å². The minimum atomic E-state index is -1.05. The van der Waals surface area contributed by atoms with Crippen molar-refractivity contribution in [2.24, 2.45) is 0 Å². The Balaban J connectivity index is 1.91. The normalized spacial score (nSPS) is 14.1. The quantitative estimate of drug-likeness (QED) is 0.821. The van der Waals surface area contributed by atoms with Crippen molar-refractivity contribution in [2.45, 2.75) is 19.1 Å². The third-order valence-electron chi connectivity index (χ3n) is 3.51. The summed E-state index contributed by atoms with van der Waals surface area (Å²) in [6.45, 7) is 2.22. The zero-order valence-electron chi connectivity index (χ0n) is 12.6. The number of benzene rings is 2. The molecule has 0 saturated carbocycles. The molecule has 2 nitrogen and oxygen atoms in total. The monoisotopic (exact) mass is 337 g/mol. The van der Waals surface area contributed by atoms with Gasteiger partial charge < -0.3 is 10.4 Å². The van der Waals surface area contributed by atoms with Gasteiger partial charge in [-0.2, -0.15) is 0 Å². The van der Waals surface area contributed by atoms with Crippen LogP contribution in [0, 0.1) is 11.6 Å². The molecule has 2 unspecified atom stereocenters. The summed E-state index contributed by atoms with van der Waals surface area (Å²) in [5.74, 6) is -0.806. The van der Waals surface area contributed by atoms with Gasteiger partial charge in [0.1, 0.15) is 11.6 Å². The van der Waals surface area contributed by atoms with E-state index in [0.717, 1.165) is 5.56 Å². The van der Waals surface area contributed by atoms with Crippen molar-refractivity contribution in [3.8, 4) is 0 Å². The van der Waals surface area contributed by atoms with Crippen molar-refractivity contribution in [3.63, 3.8) is 0 Å². The summed E-state index contributed by atoms with van der Waals surface area (Å²) in [6.07, 6.45) is 2.63. The summed E-state index contributed by atoms with van der Waals surface area (Å²) in [6, 6.07) is 10.0. The van der Waals surface area contributed by atoms with Gasteiger partial charge in [-0.25, -0.2) is 8.78 Å². The topological polar surface area (TPSA) is 32.3 Å². The molecule has 0 spiro atoms. The highest BCUT2D eigenvalue weighted by atomic mass is 35.5. The Hall–Kier alpha value is -1.75. The first-order chi connectivity index (χ1) is 11.0. The highest BCUT2D eigenvalue weighted by molar-refractivity contribution is 6.31. The van der Waals surface area contributed by atoms with Gasteiger partial charge in [-0.15, -0.1) is 0 Å². The Morgan fingerprint density at radius 3 is 2.52 bits per heavy atom. The minimum Gasteiger partial charge on any atom is -0.387 e. The molecule has 0 heterocycles. The molecule has 0 aliphatic carbocycles. The summed E-state index contributed by atoms with van der Waals surface area (Å²) in [4.78, 5) is 0. The third kappa shape index (κ3) is 4.86. The molecule has 0 amide bonds. The van der Waals surface area contributed by atoms with E-state index in [1.165, 1.54) is 24.3 Å². The number of halogens is 3. The van der Waals surface area contributed by atoms with Gasteiger partial charge in [0.15, 0.2) is 0 Å². The van der Waals surface area contributed by atoms with Gasteiger partial charge in [-0.3, -0.25) is 0 Å². The van der Waals surface area contributed by atoms with E-state index in [2.05, 4.69) is 5.32 Å². The summed E-state index contributed by atoms with van der Waals surface area (Å²) in [5, 5.41) is 13.5. The fraction of sp³-hybridized carbons (Fsp3) is 0.222. The van der Waals surface area contributed by atoms with E-state index in [1.54, 1.807) is 25.1 Å². The van der Waals surface area contributed by atoms with Crippen molar-refractivity contribution >= 4 is 17.7 Å². The van der Waals surface area contributed by atoms with Gasteiger partial charge in [0.05, 0.1) is 6.10 Å². The highest BCUT2D eigenvalue weighted by Crippen LogP contribution is 2.27. The van der Waals surface area contributed by atoms with Crippen LogP contribution < -0.4 is 5.32 Å². The smallest absolute Gasteiger partial charge is 0.130 e. The van der Waals surface area contributed by atoms with Crippen LogP contribution >= 0.6 is 11.6 Å². The molecule has 0 bridgehead atoms. The van der Waals surface area contributed by atoms with Crippen molar-refractivity contribution in [1.29, 1.82) is 0 Å². The molecule has 0 radical (unpaired) electrons. The highest BCUT2D eigenvalue weighted by Gasteiger charge is 2.21. The fourth-order valence-corrected chi connectivity index (χ4v) is 2.45. The maximum Gasteiger partial charge on any atom is 0.130 e. The van der Waals surface area contributed by atoms with Crippen molar-refractivity contribution in [3.05, 3.63) is 76.3 Å². The molecule has 2 N–H and O–H groups in total. The van der Waals surface area contributed by atoms with Crippen molar-refractivity contribution in [1.82, 2.24) is 5.32 Å². The van der Waals surface area contributed by atoms with Gasteiger partial charge in [-0.1, -0.05) is 42.0 Å². The lowest BCUT2D eigenvalue weighted by molar-refractivity contribution is 0.134. The Kier molecular flexibility index (Phi) is 6.28. The van der Waals surface area contributed by atoms with Crippen LogP contribution in [0.2, 0.25) is 5.02 Å². The number of aliphatic hydroxyl groups excluding tert-OH is 1. The fourth-order valence-electron chi connectivity index (χ4n) is 2.18. The lowest BCUT2D eigenvalue weighted by Gasteiger charge is -2.21. The zero-order chi connectivity index (χ0) is 16.8. The first-order valence-electron chi connectivity index (χ1n) is 7.26. The molecule has 0 aliphatic heterocycles. The molecule has 2 aromatic rings. The molecule has 0 fully saturated rings. The number of nitrogens with one attached hydrogen (secondary N) is 1. The van der Waals surface area contributed by atoms with Gasteiger partial charge in [-0.05, 0) is 36.8 Å². The number of rotatable bonds is 6. The van der Waals surface area contributed by atoms with E-state index < -0.39 is 11.9 Å². The summed E-state index contributed by atoms with van der Waals surface area (Å²) in [7, 11) is 0. The molecule has 0 aromatic heterocycles. The summed E-state index contributed by atoms with van der Waals surface area (Å²) in [5.41, 5.74) is 0.968. The van der Waals surface area contributed by atoms with Crippen molar-refractivity contribution < 1.29 is 13.9 Å². The number of aliphatic hydroxyl groups is 1. The van der Waals surface area contributed by atoms with E-state index in [9.17, 15) is 13.9 Å². The van der Waals surface area contributed by atoms with Crippen LogP contribution in [0.3, 0.4) is 0 Å². The van der Waals surface area contributed by atoms with E-state index >= 15 is 0 Å².